The normalized spacial score (nSPS) is 14.1. The van der Waals surface area contributed by atoms with Crippen LogP contribution in [0.4, 0.5) is 9.18 Å². The van der Waals surface area contributed by atoms with E-state index in [4.69, 9.17) is 4.74 Å². The number of methoxy groups -OCH3 is 1. The molecule has 0 saturated heterocycles. The Morgan fingerprint density at radius 3 is 2.51 bits per heavy atom. The number of H-pyrrole nitrogens is 1. The number of pyridine rings is 2. The van der Waals surface area contributed by atoms with Gasteiger partial charge in [-0.15, -0.1) is 0 Å². The van der Waals surface area contributed by atoms with Gasteiger partial charge >= 0.3 is 11.8 Å². The summed E-state index contributed by atoms with van der Waals surface area (Å²) in [5.41, 5.74) is 9.78. The van der Waals surface area contributed by atoms with E-state index in [0.29, 0.717) is 22.7 Å². The molecule has 11 nitrogen and oxygen atoms in total. The van der Waals surface area contributed by atoms with Crippen molar-refractivity contribution in [3.63, 3.8) is 0 Å². The second-order valence-corrected chi connectivity index (χ2v) is 10.8. The zero-order valence-electron chi connectivity index (χ0n) is 24.6. The monoisotopic (exact) mass is 590 g/mol. The summed E-state index contributed by atoms with van der Waals surface area (Å²) in [5, 5.41) is 10.4. The van der Waals surface area contributed by atoms with Gasteiger partial charge in [-0.3, -0.25) is 9.13 Å². The Morgan fingerprint density at radius 1 is 1.21 bits per heavy atom. The lowest BCUT2D eigenvalue weighted by Gasteiger charge is -2.13. The zero-order chi connectivity index (χ0) is 30.8. The minimum Gasteiger partial charge on any atom is -0.491 e. The van der Waals surface area contributed by atoms with Gasteiger partial charge in [0.1, 0.15) is 18.0 Å². The molecule has 226 valence electrons. The Hall–Kier alpha value is -4.71. The standard InChI is InChI=1S/C29H30FN5O3.C2H5NO2/c1-16-12-21(27(30)31-13-16)25-23(18-8-10-20(11-9-18)38-15-17(2)36)24-26-22(14-32-28(24)33-25)34(3)29(37)35(26)19-6-4-5-7-19;1-5-2(3)4/h8-14,17,19,36H,4-7,15H2,1-3H3,(H,32,33);1H3,(H2,3,4)/t17-;/m1./s1. The van der Waals surface area contributed by atoms with E-state index in [-0.39, 0.29) is 18.3 Å². The average molecular weight is 591 g/mol. The largest absolute Gasteiger partial charge is 0.491 e. The highest BCUT2D eigenvalue weighted by atomic mass is 19.1. The van der Waals surface area contributed by atoms with Gasteiger partial charge in [-0.2, -0.15) is 4.39 Å². The molecule has 0 unspecified atom stereocenters. The summed E-state index contributed by atoms with van der Waals surface area (Å²) >= 11 is 0. The van der Waals surface area contributed by atoms with Crippen LogP contribution in [-0.4, -0.2) is 55.1 Å². The first-order valence-corrected chi connectivity index (χ1v) is 14.1. The van der Waals surface area contributed by atoms with Crippen LogP contribution < -0.4 is 16.2 Å². The third-order valence-corrected chi connectivity index (χ3v) is 7.64. The van der Waals surface area contributed by atoms with E-state index < -0.39 is 18.1 Å². The molecule has 4 aromatic heterocycles. The van der Waals surface area contributed by atoms with Crippen LogP contribution in [0.2, 0.25) is 0 Å². The molecule has 6 rings (SSSR count). The third-order valence-electron chi connectivity index (χ3n) is 7.64. The Kier molecular flexibility index (Phi) is 8.49. The van der Waals surface area contributed by atoms with Crippen molar-refractivity contribution in [2.75, 3.05) is 13.7 Å². The lowest BCUT2D eigenvalue weighted by molar-refractivity contribution is 0.123. The average Bonchev–Trinajstić information content (AvgIpc) is 3.71. The minimum absolute atomic E-state index is 0.0693. The number of hydrogen-bond acceptors (Lipinski definition) is 7. The van der Waals surface area contributed by atoms with Crippen LogP contribution in [0, 0.1) is 12.9 Å². The van der Waals surface area contributed by atoms with Crippen LogP contribution in [0.25, 0.3) is 44.5 Å². The van der Waals surface area contributed by atoms with Crippen molar-refractivity contribution in [3.05, 3.63) is 64.7 Å². The number of rotatable bonds is 6. The molecular weight excluding hydrogens is 555 g/mol. The van der Waals surface area contributed by atoms with Gasteiger partial charge < -0.3 is 25.3 Å². The highest BCUT2D eigenvalue weighted by Crippen LogP contribution is 2.43. The number of aliphatic hydroxyl groups excluding tert-OH is 1. The van der Waals surface area contributed by atoms with Crippen LogP contribution >= 0.6 is 0 Å². The van der Waals surface area contributed by atoms with Gasteiger partial charge in [0.2, 0.25) is 5.95 Å². The smallest absolute Gasteiger partial charge is 0.404 e. The minimum atomic E-state index is -0.745. The number of imidazole rings is 1. The Labute approximate surface area is 247 Å². The van der Waals surface area contributed by atoms with Gasteiger partial charge in [-0.05, 0) is 56.0 Å². The second-order valence-electron chi connectivity index (χ2n) is 10.8. The zero-order valence-corrected chi connectivity index (χ0v) is 24.6. The van der Waals surface area contributed by atoms with E-state index in [0.717, 1.165) is 58.8 Å². The lowest BCUT2D eigenvalue weighted by atomic mass is 9.98. The van der Waals surface area contributed by atoms with E-state index in [1.165, 1.54) is 13.3 Å². The maximum atomic E-state index is 15.2. The third kappa shape index (κ3) is 5.82. The number of benzene rings is 1. The van der Waals surface area contributed by atoms with Crippen LogP contribution in [0.1, 0.15) is 44.2 Å². The molecule has 1 aliphatic rings. The fourth-order valence-electron chi connectivity index (χ4n) is 5.63. The number of primary amides is 1. The van der Waals surface area contributed by atoms with Crippen molar-refractivity contribution in [2.24, 2.45) is 12.8 Å². The molecule has 1 aliphatic carbocycles. The molecule has 0 aliphatic heterocycles. The predicted molar refractivity (Wildman–Crippen MR) is 161 cm³/mol. The first-order valence-electron chi connectivity index (χ1n) is 14.1. The van der Waals surface area contributed by atoms with Crippen molar-refractivity contribution in [2.45, 2.75) is 51.7 Å². The molecule has 1 aromatic carbocycles. The van der Waals surface area contributed by atoms with Crippen molar-refractivity contribution < 1.29 is 23.8 Å². The van der Waals surface area contributed by atoms with E-state index >= 15 is 4.39 Å². The van der Waals surface area contributed by atoms with Gasteiger partial charge in [0.05, 0.1) is 47.1 Å². The van der Waals surface area contributed by atoms with E-state index in [9.17, 15) is 14.7 Å². The Balaban J connectivity index is 0.000000682. The van der Waals surface area contributed by atoms with Crippen molar-refractivity contribution in [1.29, 1.82) is 0 Å². The number of nitrogens with two attached hydrogens (primary N) is 1. The predicted octanol–water partition coefficient (Wildman–Crippen LogP) is 4.98. The van der Waals surface area contributed by atoms with Crippen LogP contribution in [0.15, 0.2) is 47.5 Å². The van der Waals surface area contributed by atoms with Gasteiger partial charge in [0, 0.05) is 24.8 Å². The molecule has 1 fully saturated rings. The van der Waals surface area contributed by atoms with Gasteiger partial charge in [-0.25, -0.2) is 19.6 Å². The number of nitrogens with one attached hydrogen (secondary N) is 1. The summed E-state index contributed by atoms with van der Waals surface area (Å²) in [5.74, 6) is 0.0306. The molecule has 43 heavy (non-hydrogen) atoms. The highest BCUT2D eigenvalue weighted by molar-refractivity contribution is 6.14. The van der Waals surface area contributed by atoms with Crippen LogP contribution in [0.3, 0.4) is 0 Å². The molecule has 12 heteroatoms. The SMILES string of the molecule is COC(N)=O.Cc1cnc(F)c(-c2[nH]c3ncc4c(c3c2-c2ccc(OC[C@@H](C)O)cc2)n(C2CCCC2)c(=O)n4C)c1. The number of halogens is 1. The molecule has 0 spiro atoms. The summed E-state index contributed by atoms with van der Waals surface area (Å²) in [6.45, 7) is 3.72. The van der Waals surface area contributed by atoms with Gasteiger partial charge in [-0.1, -0.05) is 25.0 Å². The fraction of sp³-hybridized carbons (Fsp3) is 0.355. The molecule has 1 saturated carbocycles. The molecule has 4 heterocycles. The van der Waals surface area contributed by atoms with Gasteiger partial charge in [0.25, 0.3) is 0 Å². The number of fused-ring (bicyclic) bond motifs is 3. The van der Waals surface area contributed by atoms with Crippen molar-refractivity contribution >= 4 is 28.2 Å². The number of aromatic amines is 1. The van der Waals surface area contributed by atoms with Crippen molar-refractivity contribution in [1.82, 2.24) is 24.1 Å². The van der Waals surface area contributed by atoms with Crippen molar-refractivity contribution in [3.8, 4) is 28.1 Å². The number of hydrogen-bond donors (Lipinski definition) is 3. The Bertz CT molecular complexity index is 1830. The fourth-order valence-corrected chi connectivity index (χ4v) is 5.63. The van der Waals surface area contributed by atoms with Crippen LogP contribution in [-0.2, 0) is 11.8 Å². The maximum Gasteiger partial charge on any atom is 0.404 e. The molecule has 1 amide bonds. The first kappa shape index (κ1) is 29.8. The lowest BCUT2D eigenvalue weighted by Crippen LogP contribution is -2.24. The second kappa shape index (κ2) is 12.3. The van der Waals surface area contributed by atoms with E-state index in [1.807, 2.05) is 35.8 Å². The summed E-state index contributed by atoms with van der Waals surface area (Å²) < 4.78 is 28.3. The van der Waals surface area contributed by atoms with E-state index in [2.05, 4.69) is 25.4 Å². The number of aliphatic hydroxyl groups is 1. The Morgan fingerprint density at radius 2 is 1.88 bits per heavy atom. The highest BCUT2D eigenvalue weighted by Gasteiger charge is 2.28. The molecule has 1 atom stereocenters. The number of carbonyl (C=O) groups excluding carboxylic acids is 1. The summed E-state index contributed by atoms with van der Waals surface area (Å²) in [4.78, 5) is 34.9. The molecule has 4 N–H and O–H groups in total. The molecule has 0 radical (unpaired) electrons. The molecular formula is C31H35FN6O5. The summed E-state index contributed by atoms with van der Waals surface area (Å²) in [6, 6.07) is 9.34. The number of aromatic nitrogens is 5. The van der Waals surface area contributed by atoms with Gasteiger partial charge in [0.15, 0.2) is 0 Å². The first-order chi connectivity index (χ1) is 20.6. The molecule has 0 bridgehead atoms. The quantitative estimate of drug-likeness (QED) is 0.236. The number of amides is 1. The topological polar surface area (TPSA) is 150 Å². The summed E-state index contributed by atoms with van der Waals surface area (Å²) in [6.07, 6.45) is 5.94. The van der Waals surface area contributed by atoms with Crippen LogP contribution in [0.5, 0.6) is 5.75 Å². The van der Waals surface area contributed by atoms with E-state index in [1.54, 1.807) is 30.8 Å². The summed E-state index contributed by atoms with van der Waals surface area (Å²) in [7, 11) is 3.00. The number of carbonyl (C=O) groups is 1. The maximum absolute atomic E-state index is 15.2. The molecule has 5 aromatic rings. The number of aryl methyl sites for hydroxylation is 2. The number of nitrogens with zero attached hydrogens (tertiary/aromatic N) is 4. The number of ether oxygens (including phenoxy) is 2.